The maximum absolute atomic E-state index is 8.58. The normalized spacial score (nSPS) is 12.3. The van der Waals surface area contributed by atoms with Gasteiger partial charge in [0, 0.05) is 20.6 Å². The molecule has 0 amide bonds. The van der Waals surface area contributed by atoms with E-state index in [2.05, 4.69) is 0 Å². The van der Waals surface area contributed by atoms with Crippen LogP contribution in [0.25, 0.3) is 0 Å². The third-order valence-corrected chi connectivity index (χ3v) is 1.45. The summed E-state index contributed by atoms with van der Waals surface area (Å²) < 4.78 is 9.85. The first-order valence-corrected chi connectivity index (χ1v) is 3.69. The molecule has 5 heteroatoms. The first kappa shape index (κ1) is 11.6. The Morgan fingerprint density at radius 3 is 2.25 bits per heavy atom. The Morgan fingerprint density at radius 1 is 1.42 bits per heavy atom. The van der Waals surface area contributed by atoms with Crippen molar-refractivity contribution in [3.8, 4) is 0 Å². The Hall–Kier alpha value is -0.355. The van der Waals surface area contributed by atoms with E-state index >= 15 is 0 Å². The van der Waals surface area contributed by atoms with Crippen molar-refractivity contribution in [2.45, 2.75) is 19.6 Å². The van der Waals surface area contributed by atoms with Gasteiger partial charge in [0.25, 0.3) is 0 Å². The molecule has 12 heavy (non-hydrogen) atoms. The van der Waals surface area contributed by atoms with Crippen molar-refractivity contribution in [1.82, 2.24) is 0 Å². The Bertz CT molecular complexity index is 142. The molecule has 2 N–H and O–H groups in total. The van der Waals surface area contributed by atoms with Crippen LogP contribution < -0.4 is 0 Å². The van der Waals surface area contributed by atoms with Crippen molar-refractivity contribution in [2.75, 3.05) is 14.2 Å². The van der Waals surface area contributed by atoms with E-state index in [9.17, 15) is 0 Å². The van der Waals surface area contributed by atoms with Gasteiger partial charge in [-0.1, -0.05) is 11.5 Å². The van der Waals surface area contributed by atoms with Gasteiger partial charge in [-0.2, -0.15) is 0 Å². The molecule has 0 fully saturated rings. The second kappa shape index (κ2) is 6.19. The van der Waals surface area contributed by atoms with Crippen LogP contribution in [0.1, 0.15) is 13.3 Å². The maximum Gasteiger partial charge on any atom is 0.480 e. The van der Waals surface area contributed by atoms with Gasteiger partial charge in [0.2, 0.25) is 0 Å². The van der Waals surface area contributed by atoms with Crippen molar-refractivity contribution >= 4 is 7.12 Å². The molecule has 0 aromatic heterocycles. The van der Waals surface area contributed by atoms with Crippen molar-refractivity contribution < 1.29 is 19.5 Å². The van der Waals surface area contributed by atoms with E-state index in [0.29, 0.717) is 6.42 Å². The predicted molar refractivity (Wildman–Crippen MR) is 46.4 cm³/mol. The highest BCUT2D eigenvalue weighted by atomic mass is 16.7. The number of hydrogen-bond acceptors (Lipinski definition) is 4. The van der Waals surface area contributed by atoms with Crippen LogP contribution >= 0.6 is 0 Å². The molecule has 0 spiro atoms. The zero-order valence-corrected chi connectivity index (χ0v) is 7.65. The lowest BCUT2D eigenvalue weighted by Gasteiger charge is -2.13. The molecule has 0 aliphatic rings. The number of ether oxygens (including phenoxy) is 2. The van der Waals surface area contributed by atoms with Crippen LogP contribution in [0.3, 0.4) is 0 Å². The first-order valence-electron chi connectivity index (χ1n) is 3.69. The van der Waals surface area contributed by atoms with E-state index in [1.54, 1.807) is 6.92 Å². The van der Waals surface area contributed by atoms with Gasteiger partial charge in [0.05, 0.1) is 0 Å². The summed E-state index contributed by atoms with van der Waals surface area (Å²) in [6.07, 6.45) is 0.213. The Balaban J connectivity index is 3.88. The number of hydrogen-bond donors (Lipinski definition) is 2. The van der Waals surface area contributed by atoms with Gasteiger partial charge in [0.15, 0.2) is 6.29 Å². The van der Waals surface area contributed by atoms with Crippen molar-refractivity contribution in [3.05, 3.63) is 11.5 Å². The van der Waals surface area contributed by atoms with Gasteiger partial charge >= 0.3 is 7.12 Å². The minimum Gasteiger partial charge on any atom is -0.424 e. The zero-order valence-electron chi connectivity index (χ0n) is 7.65. The summed E-state index contributed by atoms with van der Waals surface area (Å²) in [4.78, 5) is 0. The number of methoxy groups -OCH3 is 2. The average molecular weight is 174 g/mol. The second-order valence-corrected chi connectivity index (χ2v) is 2.53. The van der Waals surface area contributed by atoms with Crippen LogP contribution in [0.5, 0.6) is 0 Å². The molecule has 0 saturated carbocycles. The van der Waals surface area contributed by atoms with Crippen LogP contribution in [0.2, 0.25) is 0 Å². The molecule has 0 heterocycles. The molecule has 0 aliphatic carbocycles. The molecule has 4 nitrogen and oxygen atoms in total. The number of rotatable bonds is 5. The van der Waals surface area contributed by atoms with Gasteiger partial charge in [-0.25, -0.2) is 0 Å². The highest BCUT2D eigenvalue weighted by Gasteiger charge is 2.08. The molecule has 0 unspecified atom stereocenters. The molecule has 0 aromatic carbocycles. The highest BCUT2D eigenvalue weighted by Crippen LogP contribution is 2.07. The molecular weight excluding hydrogens is 159 g/mol. The van der Waals surface area contributed by atoms with Gasteiger partial charge in [-0.05, 0) is 6.92 Å². The third-order valence-electron chi connectivity index (χ3n) is 1.45. The fourth-order valence-corrected chi connectivity index (χ4v) is 0.848. The van der Waals surface area contributed by atoms with E-state index in [1.165, 1.54) is 20.2 Å². The lowest BCUT2D eigenvalue weighted by molar-refractivity contribution is -0.100. The monoisotopic (exact) mass is 174 g/mol. The molecule has 0 saturated heterocycles. The summed E-state index contributed by atoms with van der Waals surface area (Å²) in [6.45, 7) is 1.78. The molecule has 0 aliphatic heterocycles. The van der Waals surface area contributed by atoms with Crippen molar-refractivity contribution in [1.29, 1.82) is 0 Å². The highest BCUT2D eigenvalue weighted by molar-refractivity contribution is 6.47. The Morgan fingerprint density at radius 2 is 1.92 bits per heavy atom. The summed E-state index contributed by atoms with van der Waals surface area (Å²) in [5.74, 6) is 1.34. The van der Waals surface area contributed by atoms with Crippen molar-refractivity contribution in [2.24, 2.45) is 0 Å². The molecule has 0 aromatic rings. The second-order valence-electron chi connectivity index (χ2n) is 2.53. The van der Waals surface area contributed by atoms with E-state index in [0.717, 1.165) is 5.57 Å². The Kier molecular flexibility index (Phi) is 6.01. The molecule has 0 bridgehead atoms. The SMILES string of the molecule is COC(C/C(C)=C/B(O)O)OC. The summed E-state index contributed by atoms with van der Waals surface area (Å²) in [6, 6.07) is 0. The standard InChI is InChI=1S/C7H15BO4/c1-6(5-8(9)10)4-7(11-2)12-3/h5,7,9-10H,4H2,1-3H3/b6-5+. The summed E-state index contributed by atoms with van der Waals surface area (Å²) >= 11 is 0. The van der Waals surface area contributed by atoms with Crippen LogP contribution in [0, 0.1) is 0 Å². The van der Waals surface area contributed by atoms with Gasteiger partial charge in [-0.3, -0.25) is 0 Å². The van der Waals surface area contributed by atoms with Crippen molar-refractivity contribution in [3.63, 3.8) is 0 Å². The molecule has 0 atom stereocenters. The lowest BCUT2D eigenvalue weighted by atomic mass is 9.88. The molecule has 70 valence electrons. The van der Waals surface area contributed by atoms with Gasteiger partial charge < -0.3 is 19.5 Å². The lowest BCUT2D eigenvalue weighted by Crippen LogP contribution is -2.15. The summed E-state index contributed by atoms with van der Waals surface area (Å²) in [5, 5.41) is 17.2. The van der Waals surface area contributed by atoms with Crippen LogP contribution in [0.15, 0.2) is 11.5 Å². The van der Waals surface area contributed by atoms with E-state index in [1.807, 2.05) is 0 Å². The van der Waals surface area contributed by atoms with Gasteiger partial charge in [0.1, 0.15) is 0 Å². The van der Waals surface area contributed by atoms with Crippen LogP contribution in [-0.2, 0) is 9.47 Å². The summed E-state index contributed by atoms with van der Waals surface area (Å²) in [7, 11) is 1.67. The largest absolute Gasteiger partial charge is 0.480 e. The maximum atomic E-state index is 8.58. The zero-order chi connectivity index (χ0) is 9.56. The van der Waals surface area contributed by atoms with Crippen LogP contribution in [-0.4, -0.2) is 37.7 Å². The van der Waals surface area contributed by atoms with Gasteiger partial charge in [-0.15, -0.1) is 0 Å². The molecule has 0 radical (unpaired) electrons. The summed E-state index contributed by atoms with van der Waals surface area (Å²) in [5.41, 5.74) is 0.818. The Labute approximate surface area is 72.9 Å². The topological polar surface area (TPSA) is 58.9 Å². The quantitative estimate of drug-likeness (QED) is 0.453. The van der Waals surface area contributed by atoms with E-state index < -0.39 is 7.12 Å². The minimum absolute atomic E-state index is 0.319. The fraction of sp³-hybridized carbons (Fsp3) is 0.714. The van der Waals surface area contributed by atoms with E-state index in [-0.39, 0.29) is 6.29 Å². The predicted octanol–water partition coefficient (Wildman–Crippen LogP) is -0.0463. The molecular formula is C7H15BO4. The smallest absolute Gasteiger partial charge is 0.424 e. The minimum atomic E-state index is -1.40. The van der Waals surface area contributed by atoms with E-state index in [4.69, 9.17) is 19.5 Å². The third kappa shape index (κ3) is 5.32. The molecule has 0 rings (SSSR count). The fourth-order valence-electron chi connectivity index (χ4n) is 0.848. The first-order chi connectivity index (χ1) is 5.60. The van der Waals surface area contributed by atoms with Crippen LogP contribution in [0.4, 0.5) is 0 Å². The average Bonchev–Trinajstić information content (AvgIpc) is 1.98.